The number of benzene rings is 2. The molecule has 2 aromatic rings. The highest BCUT2D eigenvalue weighted by molar-refractivity contribution is 5.92. The predicted molar refractivity (Wildman–Crippen MR) is 84.1 cm³/mol. The Kier molecular flexibility index (Phi) is 4.94. The first-order chi connectivity index (χ1) is 10.6. The van der Waals surface area contributed by atoms with E-state index in [2.05, 4.69) is 5.32 Å². The van der Waals surface area contributed by atoms with Crippen LogP contribution in [0.5, 0.6) is 0 Å². The van der Waals surface area contributed by atoms with Gasteiger partial charge >= 0.3 is 5.97 Å². The summed E-state index contributed by atoms with van der Waals surface area (Å²) in [6.45, 7) is 3.58. The van der Waals surface area contributed by atoms with Gasteiger partial charge in [0.1, 0.15) is 0 Å². The molecule has 0 saturated carbocycles. The lowest BCUT2D eigenvalue weighted by atomic mass is 9.85. The van der Waals surface area contributed by atoms with Crippen LogP contribution in [0.15, 0.2) is 60.7 Å². The van der Waals surface area contributed by atoms with Crippen molar-refractivity contribution in [3.63, 3.8) is 0 Å². The summed E-state index contributed by atoms with van der Waals surface area (Å²) in [5, 5.41) is 2.77. The molecule has 1 N–H and O–H groups in total. The molecule has 4 nitrogen and oxygen atoms in total. The molecule has 0 radical (unpaired) electrons. The molecule has 0 saturated heterocycles. The molecule has 0 bridgehead atoms. The average molecular weight is 297 g/mol. The molecule has 2 rings (SSSR count). The van der Waals surface area contributed by atoms with E-state index in [1.165, 1.54) is 6.92 Å². The largest absolute Gasteiger partial charge is 0.439 e. The van der Waals surface area contributed by atoms with Crippen LogP contribution in [0, 0.1) is 0 Å². The van der Waals surface area contributed by atoms with Gasteiger partial charge in [-0.3, -0.25) is 9.59 Å². The maximum atomic E-state index is 12.8. The second-order valence-electron chi connectivity index (χ2n) is 4.87. The minimum absolute atomic E-state index is 0.359. The van der Waals surface area contributed by atoms with E-state index in [0.717, 1.165) is 0 Å². The van der Waals surface area contributed by atoms with E-state index in [0.29, 0.717) is 17.7 Å². The molecular formula is C18H19NO3. The number of amides is 1. The monoisotopic (exact) mass is 297 g/mol. The third-order valence-electron chi connectivity index (χ3n) is 3.31. The van der Waals surface area contributed by atoms with Crippen molar-refractivity contribution in [2.24, 2.45) is 0 Å². The van der Waals surface area contributed by atoms with Gasteiger partial charge in [0.15, 0.2) is 0 Å². The van der Waals surface area contributed by atoms with Gasteiger partial charge in [-0.05, 0) is 6.92 Å². The van der Waals surface area contributed by atoms with E-state index in [-0.39, 0.29) is 5.91 Å². The number of hydrogen-bond donors (Lipinski definition) is 1. The molecule has 0 atom stereocenters. The predicted octanol–water partition coefficient (Wildman–Crippen LogP) is 2.63. The molecule has 0 aliphatic rings. The number of carbonyl (C=O) groups excluding carboxylic acids is 2. The Morgan fingerprint density at radius 3 is 1.77 bits per heavy atom. The van der Waals surface area contributed by atoms with Crippen LogP contribution in [0.1, 0.15) is 25.0 Å². The fraction of sp³-hybridized carbons (Fsp3) is 0.222. The Bertz CT molecular complexity index is 598. The first-order valence-electron chi connectivity index (χ1n) is 7.20. The van der Waals surface area contributed by atoms with E-state index >= 15 is 0 Å². The van der Waals surface area contributed by atoms with Crippen molar-refractivity contribution < 1.29 is 14.3 Å². The van der Waals surface area contributed by atoms with Gasteiger partial charge in [0.05, 0.1) is 0 Å². The average Bonchev–Trinajstić information content (AvgIpc) is 2.54. The van der Waals surface area contributed by atoms with Crippen LogP contribution < -0.4 is 5.32 Å². The van der Waals surface area contributed by atoms with Crippen molar-refractivity contribution >= 4 is 11.9 Å². The van der Waals surface area contributed by atoms with E-state index < -0.39 is 11.6 Å². The summed E-state index contributed by atoms with van der Waals surface area (Å²) in [6, 6.07) is 18.1. The minimum Gasteiger partial charge on any atom is -0.439 e. The molecule has 22 heavy (non-hydrogen) atoms. The van der Waals surface area contributed by atoms with Crippen molar-refractivity contribution in [2.75, 3.05) is 6.54 Å². The third-order valence-corrected chi connectivity index (χ3v) is 3.31. The Labute approximate surface area is 130 Å². The standard InChI is InChI=1S/C18H19NO3/c1-3-19-17(21)18(22-14(2)20,15-10-6-4-7-11-15)16-12-8-5-9-13-16/h4-13H,3H2,1-2H3,(H,19,21). The van der Waals surface area contributed by atoms with Crippen LogP contribution in [0.25, 0.3) is 0 Å². The number of likely N-dealkylation sites (N-methyl/N-ethyl adjacent to an activating group) is 1. The fourth-order valence-electron chi connectivity index (χ4n) is 2.44. The van der Waals surface area contributed by atoms with Crippen LogP contribution in [-0.4, -0.2) is 18.4 Å². The second-order valence-corrected chi connectivity index (χ2v) is 4.87. The van der Waals surface area contributed by atoms with Crippen molar-refractivity contribution in [3.05, 3.63) is 71.8 Å². The van der Waals surface area contributed by atoms with E-state index in [4.69, 9.17) is 4.74 Å². The molecule has 0 aromatic heterocycles. The minimum atomic E-state index is -1.48. The van der Waals surface area contributed by atoms with Crippen LogP contribution in [-0.2, 0) is 19.9 Å². The van der Waals surface area contributed by atoms with Gasteiger partial charge in [-0.15, -0.1) is 0 Å². The molecule has 0 spiro atoms. The van der Waals surface area contributed by atoms with Crippen molar-refractivity contribution in [1.29, 1.82) is 0 Å². The van der Waals surface area contributed by atoms with E-state index in [1.807, 2.05) is 43.3 Å². The summed E-state index contributed by atoms with van der Waals surface area (Å²) in [6.07, 6.45) is 0. The van der Waals surface area contributed by atoms with Crippen molar-refractivity contribution in [3.8, 4) is 0 Å². The topological polar surface area (TPSA) is 55.4 Å². The Balaban J connectivity index is 2.69. The Hall–Kier alpha value is -2.62. The van der Waals surface area contributed by atoms with E-state index in [9.17, 15) is 9.59 Å². The van der Waals surface area contributed by atoms with Gasteiger partial charge in [-0.1, -0.05) is 60.7 Å². The van der Waals surface area contributed by atoms with Gasteiger partial charge < -0.3 is 10.1 Å². The summed E-state index contributed by atoms with van der Waals surface area (Å²) < 4.78 is 5.57. The summed E-state index contributed by atoms with van der Waals surface area (Å²) in [7, 11) is 0. The number of rotatable bonds is 5. The van der Waals surface area contributed by atoms with Crippen LogP contribution >= 0.6 is 0 Å². The van der Waals surface area contributed by atoms with Gasteiger partial charge in [-0.25, -0.2) is 0 Å². The second kappa shape index (κ2) is 6.89. The quantitative estimate of drug-likeness (QED) is 0.863. The molecule has 0 aliphatic heterocycles. The number of ether oxygens (including phenoxy) is 1. The van der Waals surface area contributed by atoms with Crippen LogP contribution in [0.3, 0.4) is 0 Å². The highest BCUT2D eigenvalue weighted by atomic mass is 16.6. The molecule has 0 fully saturated rings. The highest BCUT2D eigenvalue weighted by Crippen LogP contribution is 2.34. The van der Waals surface area contributed by atoms with E-state index in [1.54, 1.807) is 24.3 Å². The van der Waals surface area contributed by atoms with Gasteiger partial charge in [0.25, 0.3) is 5.91 Å². The molecule has 0 unspecified atom stereocenters. The summed E-state index contributed by atoms with van der Waals surface area (Å²) in [4.78, 5) is 24.5. The smallest absolute Gasteiger partial charge is 0.304 e. The first-order valence-corrected chi connectivity index (χ1v) is 7.20. The zero-order chi connectivity index (χ0) is 16.0. The number of hydrogen-bond acceptors (Lipinski definition) is 3. The highest BCUT2D eigenvalue weighted by Gasteiger charge is 2.45. The van der Waals surface area contributed by atoms with Crippen LogP contribution in [0.2, 0.25) is 0 Å². The zero-order valence-corrected chi connectivity index (χ0v) is 12.7. The number of nitrogens with one attached hydrogen (secondary N) is 1. The summed E-state index contributed by atoms with van der Waals surface area (Å²) in [5.41, 5.74) is -0.255. The summed E-state index contributed by atoms with van der Waals surface area (Å²) >= 11 is 0. The first kappa shape index (κ1) is 15.8. The lowest BCUT2D eigenvalue weighted by Crippen LogP contribution is -2.48. The molecule has 1 amide bonds. The van der Waals surface area contributed by atoms with Crippen LogP contribution in [0.4, 0.5) is 0 Å². The lowest BCUT2D eigenvalue weighted by Gasteiger charge is -2.32. The molecule has 0 heterocycles. The molecule has 0 aliphatic carbocycles. The van der Waals surface area contributed by atoms with Gasteiger partial charge in [0.2, 0.25) is 5.60 Å². The third kappa shape index (κ3) is 3.01. The molecular weight excluding hydrogens is 278 g/mol. The number of carbonyl (C=O) groups is 2. The SMILES string of the molecule is CCNC(=O)C(OC(C)=O)(c1ccccc1)c1ccccc1. The fourth-order valence-corrected chi connectivity index (χ4v) is 2.44. The Morgan fingerprint density at radius 1 is 0.955 bits per heavy atom. The lowest BCUT2D eigenvalue weighted by molar-refractivity contribution is -0.163. The maximum Gasteiger partial charge on any atom is 0.304 e. The Morgan fingerprint density at radius 2 is 1.41 bits per heavy atom. The van der Waals surface area contributed by atoms with Crippen molar-refractivity contribution in [2.45, 2.75) is 19.4 Å². The summed E-state index contributed by atoms with van der Waals surface area (Å²) in [5.74, 6) is -0.874. The molecule has 2 aromatic carbocycles. The molecule has 4 heteroatoms. The normalized spacial score (nSPS) is 10.8. The maximum absolute atomic E-state index is 12.8. The van der Waals surface area contributed by atoms with Gasteiger partial charge in [-0.2, -0.15) is 0 Å². The molecule has 114 valence electrons. The number of esters is 1. The van der Waals surface area contributed by atoms with Crippen molar-refractivity contribution in [1.82, 2.24) is 5.32 Å². The van der Waals surface area contributed by atoms with Gasteiger partial charge in [0, 0.05) is 24.6 Å². The zero-order valence-electron chi connectivity index (χ0n) is 12.7.